The van der Waals surface area contributed by atoms with Crippen LogP contribution in [-0.2, 0) is 4.79 Å². The number of hydrogen-bond acceptors (Lipinski definition) is 5. The van der Waals surface area contributed by atoms with Crippen molar-refractivity contribution < 1.29 is 9.18 Å². The van der Waals surface area contributed by atoms with Crippen molar-refractivity contribution in [1.82, 2.24) is 9.97 Å². The van der Waals surface area contributed by atoms with Crippen molar-refractivity contribution in [1.29, 1.82) is 0 Å². The van der Waals surface area contributed by atoms with Crippen molar-refractivity contribution in [3.8, 4) is 0 Å². The number of thioether (sulfide) groups is 1. The van der Waals surface area contributed by atoms with Crippen molar-refractivity contribution in [2.75, 3.05) is 11.1 Å². The first-order valence-corrected chi connectivity index (χ1v) is 8.73. The summed E-state index contributed by atoms with van der Waals surface area (Å²) < 4.78 is 12.9. The highest BCUT2D eigenvalue weighted by atomic mass is 32.2. The summed E-state index contributed by atoms with van der Waals surface area (Å²) in [6.07, 6.45) is 1.53. The molecule has 118 valence electrons. The number of fused-ring (bicyclic) bond motifs is 1. The SMILES string of the molecule is Cc1sc2ncnc(SCC(=O)Nc3ccc(F)cc3)c2c1C. The molecular weight excluding hydrogens is 333 g/mol. The molecule has 0 aliphatic rings. The molecule has 2 heterocycles. The maximum Gasteiger partial charge on any atom is 0.234 e. The minimum absolute atomic E-state index is 0.155. The molecule has 0 spiro atoms. The van der Waals surface area contributed by atoms with Gasteiger partial charge in [-0.15, -0.1) is 11.3 Å². The van der Waals surface area contributed by atoms with Crippen molar-refractivity contribution >= 4 is 44.9 Å². The van der Waals surface area contributed by atoms with Crippen LogP contribution in [0.2, 0.25) is 0 Å². The summed E-state index contributed by atoms with van der Waals surface area (Å²) >= 11 is 3.01. The van der Waals surface area contributed by atoms with Gasteiger partial charge in [-0.1, -0.05) is 11.8 Å². The van der Waals surface area contributed by atoms with E-state index in [2.05, 4.69) is 22.2 Å². The van der Waals surface area contributed by atoms with Crippen LogP contribution in [0, 0.1) is 19.7 Å². The quantitative estimate of drug-likeness (QED) is 0.568. The molecule has 1 N–H and O–H groups in total. The van der Waals surface area contributed by atoms with E-state index in [0.29, 0.717) is 5.69 Å². The van der Waals surface area contributed by atoms with E-state index in [1.807, 2.05) is 6.92 Å². The highest BCUT2D eigenvalue weighted by Crippen LogP contribution is 2.34. The van der Waals surface area contributed by atoms with E-state index < -0.39 is 0 Å². The van der Waals surface area contributed by atoms with Crippen LogP contribution in [0.25, 0.3) is 10.2 Å². The highest BCUT2D eigenvalue weighted by Gasteiger charge is 2.13. The number of carbonyl (C=O) groups is 1. The fraction of sp³-hybridized carbons (Fsp3) is 0.188. The van der Waals surface area contributed by atoms with Gasteiger partial charge in [0.1, 0.15) is 22.0 Å². The van der Waals surface area contributed by atoms with Crippen LogP contribution in [0.4, 0.5) is 10.1 Å². The van der Waals surface area contributed by atoms with Gasteiger partial charge in [0.15, 0.2) is 0 Å². The second-order valence-corrected chi connectivity index (χ2v) is 7.15. The number of nitrogens with zero attached hydrogens (tertiary/aromatic N) is 2. The van der Waals surface area contributed by atoms with Crippen LogP contribution < -0.4 is 5.32 Å². The maximum absolute atomic E-state index is 12.9. The average molecular weight is 347 g/mol. The molecule has 0 aliphatic heterocycles. The molecule has 1 aromatic carbocycles. The molecule has 2 aromatic heterocycles. The summed E-state index contributed by atoms with van der Waals surface area (Å²) in [6.45, 7) is 4.09. The summed E-state index contributed by atoms with van der Waals surface area (Å²) in [5.74, 6) is -0.250. The zero-order valence-electron chi connectivity index (χ0n) is 12.6. The Kier molecular flexibility index (Phi) is 4.58. The Bertz CT molecular complexity index is 862. The number of nitrogens with one attached hydrogen (secondary N) is 1. The molecule has 3 rings (SSSR count). The number of thiophene rings is 1. The van der Waals surface area contributed by atoms with E-state index in [4.69, 9.17) is 0 Å². The summed E-state index contributed by atoms with van der Waals surface area (Å²) in [7, 11) is 0. The average Bonchev–Trinajstić information content (AvgIpc) is 2.83. The molecular formula is C16H14FN3OS2. The third-order valence-corrected chi connectivity index (χ3v) is 5.50. The number of hydrogen-bond donors (Lipinski definition) is 1. The van der Waals surface area contributed by atoms with E-state index in [-0.39, 0.29) is 17.5 Å². The van der Waals surface area contributed by atoms with Crippen molar-refractivity contribution in [2.45, 2.75) is 18.9 Å². The zero-order valence-corrected chi connectivity index (χ0v) is 14.2. The van der Waals surface area contributed by atoms with Gasteiger partial charge in [0.05, 0.1) is 5.75 Å². The van der Waals surface area contributed by atoms with Gasteiger partial charge < -0.3 is 5.32 Å². The molecule has 7 heteroatoms. The second kappa shape index (κ2) is 6.64. The van der Waals surface area contributed by atoms with Crippen LogP contribution in [0.1, 0.15) is 10.4 Å². The zero-order chi connectivity index (χ0) is 16.4. The van der Waals surface area contributed by atoms with Gasteiger partial charge in [-0.25, -0.2) is 14.4 Å². The predicted octanol–water partition coefficient (Wildman–Crippen LogP) is 4.18. The van der Waals surface area contributed by atoms with Crippen LogP contribution in [0.3, 0.4) is 0 Å². The highest BCUT2D eigenvalue weighted by molar-refractivity contribution is 8.00. The number of rotatable bonds is 4. The lowest BCUT2D eigenvalue weighted by Crippen LogP contribution is -2.14. The van der Waals surface area contributed by atoms with E-state index in [0.717, 1.165) is 20.8 Å². The fourth-order valence-corrected chi connectivity index (χ4v) is 4.04. The van der Waals surface area contributed by atoms with Crippen LogP contribution in [0.15, 0.2) is 35.6 Å². The lowest BCUT2D eigenvalue weighted by molar-refractivity contribution is -0.113. The Morgan fingerprint density at radius 2 is 2.00 bits per heavy atom. The predicted molar refractivity (Wildman–Crippen MR) is 92.6 cm³/mol. The third-order valence-electron chi connectivity index (χ3n) is 3.40. The van der Waals surface area contributed by atoms with Gasteiger partial charge in [-0.2, -0.15) is 0 Å². The van der Waals surface area contributed by atoms with Gasteiger partial charge in [0, 0.05) is 16.0 Å². The molecule has 0 atom stereocenters. The lowest BCUT2D eigenvalue weighted by atomic mass is 10.2. The monoisotopic (exact) mass is 347 g/mol. The number of halogens is 1. The molecule has 4 nitrogen and oxygen atoms in total. The molecule has 0 fully saturated rings. The summed E-state index contributed by atoms with van der Waals surface area (Å²) in [5, 5.41) is 4.57. The molecule has 0 saturated carbocycles. The van der Waals surface area contributed by atoms with Gasteiger partial charge in [-0.3, -0.25) is 4.79 Å². The first-order valence-electron chi connectivity index (χ1n) is 6.93. The van der Waals surface area contributed by atoms with E-state index in [1.165, 1.54) is 47.2 Å². The molecule has 1 amide bonds. The van der Waals surface area contributed by atoms with E-state index >= 15 is 0 Å². The lowest BCUT2D eigenvalue weighted by Gasteiger charge is -2.05. The number of amides is 1. The van der Waals surface area contributed by atoms with Gasteiger partial charge >= 0.3 is 0 Å². The normalized spacial score (nSPS) is 10.9. The molecule has 0 bridgehead atoms. The number of anilines is 1. The van der Waals surface area contributed by atoms with Gasteiger partial charge in [0.2, 0.25) is 5.91 Å². The largest absolute Gasteiger partial charge is 0.325 e. The fourth-order valence-electron chi connectivity index (χ4n) is 2.12. The number of carbonyl (C=O) groups excluding carboxylic acids is 1. The van der Waals surface area contributed by atoms with Crippen molar-refractivity contribution in [3.05, 3.63) is 46.9 Å². The Balaban J connectivity index is 1.71. The van der Waals surface area contributed by atoms with E-state index in [9.17, 15) is 9.18 Å². The Labute approximate surface area is 141 Å². The summed E-state index contributed by atoms with van der Waals surface area (Å²) in [4.78, 5) is 22.8. The third kappa shape index (κ3) is 3.51. The molecule has 0 unspecified atom stereocenters. The summed E-state index contributed by atoms with van der Waals surface area (Å²) in [5.41, 5.74) is 1.74. The number of aryl methyl sites for hydroxylation is 2. The number of aromatic nitrogens is 2. The van der Waals surface area contributed by atoms with Crippen LogP contribution in [-0.4, -0.2) is 21.6 Å². The molecule has 0 radical (unpaired) electrons. The van der Waals surface area contributed by atoms with Crippen molar-refractivity contribution in [3.63, 3.8) is 0 Å². The summed E-state index contributed by atoms with van der Waals surface area (Å²) in [6, 6.07) is 5.70. The smallest absolute Gasteiger partial charge is 0.234 e. The van der Waals surface area contributed by atoms with E-state index in [1.54, 1.807) is 11.3 Å². The molecule has 23 heavy (non-hydrogen) atoms. The topological polar surface area (TPSA) is 54.9 Å². The molecule has 3 aromatic rings. The van der Waals surface area contributed by atoms with Crippen LogP contribution in [0.5, 0.6) is 0 Å². The maximum atomic E-state index is 12.9. The standard InChI is InChI=1S/C16H14FN3OS2/c1-9-10(2)23-16-14(9)15(18-8-19-16)22-7-13(21)20-12-5-3-11(17)4-6-12/h3-6,8H,7H2,1-2H3,(H,20,21). The van der Waals surface area contributed by atoms with Crippen LogP contribution >= 0.6 is 23.1 Å². The first kappa shape index (κ1) is 15.9. The van der Waals surface area contributed by atoms with Gasteiger partial charge in [0.25, 0.3) is 0 Å². The minimum atomic E-state index is -0.330. The number of benzene rings is 1. The second-order valence-electron chi connectivity index (χ2n) is 4.99. The first-order chi connectivity index (χ1) is 11.0. The van der Waals surface area contributed by atoms with Gasteiger partial charge in [-0.05, 0) is 43.7 Å². The Morgan fingerprint density at radius 3 is 2.74 bits per heavy atom. The molecule has 0 saturated heterocycles. The Hall–Kier alpha value is -1.99. The minimum Gasteiger partial charge on any atom is -0.325 e. The molecule has 0 aliphatic carbocycles. The van der Waals surface area contributed by atoms with Crippen molar-refractivity contribution in [2.24, 2.45) is 0 Å². The Morgan fingerprint density at radius 1 is 1.26 bits per heavy atom.